The molecule has 3 heterocycles. The molecule has 0 aliphatic carbocycles. The molecule has 3 fully saturated rings. The first-order chi connectivity index (χ1) is 9.99. The van der Waals surface area contributed by atoms with E-state index in [9.17, 15) is 14.7 Å². The van der Waals surface area contributed by atoms with Gasteiger partial charge in [0.1, 0.15) is 11.6 Å². The fourth-order valence-corrected chi connectivity index (χ4v) is 4.11. The highest BCUT2D eigenvalue weighted by Crippen LogP contribution is 2.40. The lowest BCUT2D eigenvalue weighted by Gasteiger charge is -2.56. The summed E-state index contributed by atoms with van der Waals surface area (Å²) in [7, 11) is 0. The zero-order chi connectivity index (χ0) is 15.2. The molecular weight excluding hydrogens is 270 g/mol. The molecule has 0 saturated carbocycles. The molecule has 6 nitrogen and oxygen atoms in total. The second-order valence-corrected chi connectivity index (χ2v) is 6.61. The maximum Gasteiger partial charge on any atom is 0.248 e. The summed E-state index contributed by atoms with van der Waals surface area (Å²) in [6.45, 7) is 5.91. The molecular formula is C15H25N3O3. The number of amides is 2. The van der Waals surface area contributed by atoms with E-state index >= 15 is 0 Å². The Morgan fingerprint density at radius 3 is 2.52 bits per heavy atom. The van der Waals surface area contributed by atoms with Crippen LogP contribution in [0.25, 0.3) is 0 Å². The number of nitrogens with one attached hydrogen (secondary N) is 1. The topological polar surface area (TPSA) is 72.9 Å². The van der Waals surface area contributed by atoms with Crippen LogP contribution in [0.4, 0.5) is 0 Å². The third kappa shape index (κ3) is 2.07. The smallest absolute Gasteiger partial charge is 0.248 e. The van der Waals surface area contributed by atoms with Gasteiger partial charge in [0.2, 0.25) is 11.8 Å². The zero-order valence-electron chi connectivity index (χ0n) is 12.8. The van der Waals surface area contributed by atoms with Gasteiger partial charge in [-0.15, -0.1) is 0 Å². The lowest BCUT2D eigenvalue weighted by Crippen LogP contribution is -2.80. The summed E-state index contributed by atoms with van der Waals surface area (Å²) in [4.78, 5) is 28.7. The van der Waals surface area contributed by atoms with E-state index in [0.717, 1.165) is 45.3 Å². The Balaban J connectivity index is 1.79. The van der Waals surface area contributed by atoms with Crippen LogP contribution in [-0.4, -0.2) is 70.1 Å². The van der Waals surface area contributed by atoms with Gasteiger partial charge in [-0.1, -0.05) is 0 Å². The molecule has 4 atom stereocenters. The van der Waals surface area contributed by atoms with Crippen molar-refractivity contribution in [2.24, 2.45) is 0 Å². The van der Waals surface area contributed by atoms with E-state index < -0.39 is 17.7 Å². The van der Waals surface area contributed by atoms with Crippen LogP contribution in [0.3, 0.4) is 0 Å². The second-order valence-electron chi connectivity index (χ2n) is 6.61. The molecule has 2 amide bonds. The number of β-lactam (4-membered cyclic amide) rings is 1. The van der Waals surface area contributed by atoms with Crippen molar-refractivity contribution in [3.05, 3.63) is 0 Å². The van der Waals surface area contributed by atoms with Crippen LogP contribution in [0.1, 0.15) is 39.5 Å². The first-order valence-electron chi connectivity index (χ1n) is 8.04. The van der Waals surface area contributed by atoms with Crippen LogP contribution in [0, 0.1) is 0 Å². The molecule has 0 radical (unpaired) electrons. The minimum absolute atomic E-state index is 0.0223. The number of likely N-dealkylation sites (tertiary alicyclic amines) is 2. The molecule has 21 heavy (non-hydrogen) atoms. The maximum atomic E-state index is 12.7. The van der Waals surface area contributed by atoms with Crippen molar-refractivity contribution in [1.29, 1.82) is 0 Å². The Labute approximate surface area is 125 Å². The van der Waals surface area contributed by atoms with Gasteiger partial charge in [-0.3, -0.25) is 9.59 Å². The largest absolute Gasteiger partial charge is 0.391 e. The molecule has 0 bridgehead atoms. The van der Waals surface area contributed by atoms with Gasteiger partial charge in [0.15, 0.2) is 0 Å². The van der Waals surface area contributed by atoms with E-state index in [1.807, 2.05) is 6.92 Å². The summed E-state index contributed by atoms with van der Waals surface area (Å²) in [5, 5.41) is 13.4. The van der Waals surface area contributed by atoms with Crippen molar-refractivity contribution in [3.8, 4) is 0 Å². The fourth-order valence-electron chi connectivity index (χ4n) is 4.11. The minimum atomic E-state index is -0.844. The van der Waals surface area contributed by atoms with Gasteiger partial charge < -0.3 is 20.2 Å². The number of hydrogen-bond donors (Lipinski definition) is 2. The molecule has 3 aliphatic rings. The van der Waals surface area contributed by atoms with E-state index in [1.54, 1.807) is 16.7 Å². The highest BCUT2D eigenvalue weighted by Gasteiger charge is 2.62. The van der Waals surface area contributed by atoms with Crippen molar-refractivity contribution in [1.82, 2.24) is 15.1 Å². The summed E-state index contributed by atoms with van der Waals surface area (Å²) in [6.07, 6.45) is 2.99. The van der Waals surface area contributed by atoms with Crippen LogP contribution in [0.2, 0.25) is 0 Å². The van der Waals surface area contributed by atoms with E-state index in [-0.39, 0.29) is 17.9 Å². The Hall–Kier alpha value is -1.14. The van der Waals surface area contributed by atoms with Crippen molar-refractivity contribution in [2.45, 2.75) is 63.3 Å². The number of aliphatic hydroxyl groups excluding tert-OH is 1. The molecule has 6 heteroatoms. The maximum absolute atomic E-state index is 12.7. The average Bonchev–Trinajstić information content (AvgIpc) is 3.13. The first kappa shape index (κ1) is 14.8. The molecule has 3 aliphatic heterocycles. The van der Waals surface area contributed by atoms with Crippen LogP contribution in [-0.2, 0) is 9.59 Å². The zero-order valence-corrected chi connectivity index (χ0v) is 12.8. The lowest BCUT2D eigenvalue weighted by molar-refractivity contribution is -0.176. The predicted molar refractivity (Wildman–Crippen MR) is 77.6 cm³/mol. The van der Waals surface area contributed by atoms with Crippen molar-refractivity contribution in [3.63, 3.8) is 0 Å². The van der Waals surface area contributed by atoms with Gasteiger partial charge in [0.25, 0.3) is 0 Å². The number of nitrogens with zero attached hydrogens (tertiary/aromatic N) is 2. The normalized spacial score (nSPS) is 35.2. The van der Waals surface area contributed by atoms with Gasteiger partial charge in [-0.25, -0.2) is 0 Å². The second kappa shape index (κ2) is 5.25. The third-order valence-electron chi connectivity index (χ3n) is 5.36. The first-order valence-corrected chi connectivity index (χ1v) is 8.04. The third-order valence-corrected chi connectivity index (χ3v) is 5.36. The van der Waals surface area contributed by atoms with E-state index in [0.29, 0.717) is 0 Å². The van der Waals surface area contributed by atoms with Gasteiger partial charge in [-0.05, 0) is 46.1 Å². The summed E-state index contributed by atoms with van der Waals surface area (Å²) >= 11 is 0. The molecule has 118 valence electrons. The average molecular weight is 295 g/mol. The molecule has 0 aromatic rings. The van der Waals surface area contributed by atoms with Gasteiger partial charge in [0, 0.05) is 13.1 Å². The quantitative estimate of drug-likeness (QED) is 0.702. The fraction of sp³-hybridized carbons (Fsp3) is 0.867. The Bertz CT molecular complexity index is 439. The molecule has 0 aromatic heterocycles. The monoisotopic (exact) mass is 295 g/mol. The van der Waals surface area contributed by atoms with Crippen molar-refractivity contribution < 1.29 is 14.7 Å². The number of hydrogen-bond acceptors (Lipinski definition) is 4. The number of aliphatic hydroxyl groups is 1. The summed E-state index contributed by atoms with van der Waals surface area (Å²) in [5.74, 6) is -0.124. The van der Waals surface area contributed by atoms with Crippen molar-refractivity contribution in [2.75, 3.05) is 19.6 Å². The molecule has 2 N–H and O–H groups in total. The lowest BCUT2D eigenvalue weighted by atomic mass is 9.76. The molecule has 3 saturated heterocycles. The number of rotatable bonds is 3. The summed E-state index contributed by atoms with van der Waals surface area (Å²) in [5.41, 5.74) is -0.488. The Morgan fingerprint density at radius 1 is 1.38 bits per heavy atom. The molecule has 3 rings (SSSR count). The number of carbonyl (C=O) groups is 2. The summed E-state index contributed by atoms with van der Waals surface area (Å²) < 4.78 is 0. The van der Waals surface area contributed by atoms with Gasteiger partial charge in [-0.2, -0.15) is 0 Å². The van der Waals surface area contributed by atoms with E-state index in [4.69, 9.17) is 0 Å². The number of carbonyl (C=O) groups excluding carboxylic acids is 2. The van der Waals surface area contributed by atoms with Crippen LogP contribution < -0.4 is 5.32 Å². The van der Waals surface area contributed by atoms with E-state index in [2.05, 4.69) is 5.32 Å². The Kier molecular flexibility index (Phi) is 3.69. The highest BCUT2D eigenvalue weighted by molar-refractivity contribution is 5.98. The minimum Gasteiger partial charge on any atom is -0.391 e. The molecule has 1 spiro atoms. The standard InChI is InChI=1S/C15H25N3O3/c1-10(19)12(13(20)17-8-3-4-9-17)18-11(2)15(14(18)21)6-5-7-16-15/h10-12,16,19H,3-9H2,1-2H3/t10-,11?,12+,15?/m1/s1. The molecule has 2 unspecified atom stereocenters. The van der Waals surface area contributed by atoms with Crippen LogP contribution >= 0.6 is 0 Å². The van der Waals surface area contributed by atoms with E-state index in [1.165, 1.54) is 0 Å². The van der Waals surface area contributed by atoms with Gasteiger partial charge in [0.05, 0.1) is 12.1 Å². The Morgan fingerprint density at radius 2 is 2.05 bits per heavy atom. The van der Waals surface area contributed by atoms with Gasteiger partial charge >= 0.3 is 0 Å². The predicted octanol–water partition coefficient (Wildman–Crippen LogP) is -0.289. The van der Waals surface area contributed by atoms with Crippen molar-refractivity contribution >= 4 is 11.8 Å². The molecule has 0 aromatic carbocycles. The summed E-state index contributed by atoms with van der Waals surface area (Å²) in [6, 6.07) is -0.780. The highest BCUT2D eigenvalue weighted by atomic mass is 16.3. The van der Waals surface area contributed by atoms with Crippen LogP contribution in [0.15, 0.2) is 0 Å². The SMILES string of the molecule is CC1N([C@H](C(=O)N2CCCC2)[C@@H](C)O)C(=O)C12CCCN2. The van der Waals surface area contributed by atoms with Crippen LogP contribution in [0.5, 0.6) is 0 Å².